The zero-order valence-electron chi connectivity index (χ0n) is 12.6. The van der Waals surface area contributed by atoms with Crippen LogP contribution in [0.25, 0.3) is 0 Å². The van der Waals surface area contributed by atoms with E-state index in [0.29, 0.717) is 5.71 Å². The molecule has 0 radical (unpaired) electrons. The molecule has 2 aromatic carbocycles. The molecule has 0 fully saturated rings. The Balaban J connectivity index is 2.33. The van der Waals surface area contributed by atoms with Crippen LogP contribution in [-0.4, -0.2) is 25.8 Å². The highest BCUT2D eigenvalue weighted by atomic mass is 16.5. The highest BCUT2D eigenvalue weighted by Crippen LogP contribution is 2.13. The Bertz CT molecular complexity index is 664. The summed E-state index contributed by atoms with van der Waals surface area (Å²) in [7, 11) is 3.21. The Morgan fingerprint density at radius 3 is 2.18 bits per heavy atom. The van der Waals surface area contributed by atoms with Crippen molar-refractivity contribution < 1.29 is 9.53 Å². The molecule has 2 aromatic rings. The van der Waals surface area contributed by atoms with Gasteiger partial charge in [0.2, 0.25) is 0 Å². The number of rotatable bonds is 5. The average molecular weight is 294 g/mol. The van der Waals surface area contributed by atoms with Gasteiger partial charge in [-0.1, -0.05) is 48.5 Å². The molecule has 22 heavy (non-hydrogen) atoms. The summed E-state index contributed by atoms with van der Waals surface area (Å²) >= 11 is 0. The van der Waals surface area contributed by atoms with E-state index in [9.17, 15) is 4.79 Å². The van der Waals surface area contributed by atoms with Crippen LogP contribution in [0.2, 0.25) is 0 Å². The average Bonchev–Trinajstić information content (AvgIpc) is 2.59. The van der Waals surface area contributed by atoms with Crippen molar-refractivity contribution >= 4 is 17.4 Å². The molecule has 4 nitrogen and oxygen atoms in total. The van der Waals surface area contributed by atoms with Crippen LogP contribution < -0.4 is 5.01 Å². The van der Waals surface area contributed by atoms with Crippen LogP contribution in [0, 0.1) is 0 Å². The number of hydrazone groups is 1. The van der Waals surface area contributed by atoms with Gasteiger partial charge in [-0.25, -0.2) is 4.79 Å². The molecule has 0 bridgehead atoms. The first kappa shape index (κ1) is 15.5. The summed E-state index contributed by atoms with van der Waals surface area (Å²) in [5.41, 5.74) is 2.56. The largest absolute Gasteiger partial charge is 0.466 e. The summed E-state index contributed by atoms with van der Waals surface area (Å²) in [6.07, 6.45) is 3.02. The second-order valence-corrected chi connectivity index (χ2v) is 4.57. The van der Waals surface area contributed by atoms with Gasteiger partial charge in [0.15, 0.2) is 0 Å². The second-order valence-electron chi connectivity index (χ2n) is 4.57. The van der Waals surface area contributed by atoms with Gasteiger partial charge in [-0.3, -0.25) is 5.01 Å². The summed E-state index contributed by atoms with van der Waals surface area (Å²) < 4.78 is 4.63. The number of hydrogen-bond acceptors (Lipinski definition) is 4. The SMILES string of the molecule is COC(=O)/C=C/C(=N\N(C)c1ccccc1)c1ccccc1. The van der Waals surface area contributed by atoms with Crippen molar-refractivity contribution in [2.24, 2.45) is 5.10 Å². The van der Waals surface area contributed by atoms with Crippen LogP contribution in [0.15, 0.2) is 77.9 Å². The van der Waals surface area contributed by atoms with E-state index in [4.69, 9.17) is 0 Å². The van der Waals surface area contributed by atoms with Crippen LogP contribution in [0.1, 0.15) is 5.56 Å². The number of anilines is 1. The number of esters is 1. The molecule has 0 spiro atoms. The maximum Gasteiger partial charge on any atom is 0.330 e. The lowest BCUT2D eigenvalue weighted by Crippen LogP contribution is -2.13. The van der Waals surface area contributed by atoms with Gasteiger partial charge in [0.25, 0.3) is 0 Å². The minimum Gasteiger partial charge on any atom is -0.466 e. The lowest BCUT2D eigenvalue weighted by Gasteiger charge is -2.14. The highest BCUT2D eigenvalue weighted by molar-refractivity contribution is 6.11. The van der Waals surface area contributed by atoms with Gasteiger partial charge < -0.3 is 4.74 Å². The molecule has 2 rings (SSSR count). The molecule has 0 aromatic heterocycles. The Morgan fingerprint density at radius 1 is 1.00 bits per heavy atom. The quantitative estimate of drug-likeness (QED) is 0.368. The van der Waals surface area contributed by atoms with Gasteiger partial charge in [0, 0.05) is 18.7 Å². The fourth-order valence-electron chi connectivity index (χ4n) is 1.87. The predicted octanol–water partition coefficient (Wildman–Crippen LogP) is 3.26. The first-order valence-electron chi connectivity index (χ1n) is 6.89. The van der Waals surface area contributed by atoms with Crippen LogP contribution in [-0.2, 0) is 9.53 Å². The van der Waals surface area contributed by atoms with E-state index in [0.717, 1.165) is 11.3 Å². The van der Waals surface area contributed by atoms with Crippen LogP contribution in [0.4, 0.5) is 5.69 Å². The molecule has 0 saturated heterocycles. The number of carbonyl (C=O) groups excluding carboxylic acids is 1. The minimum atomic E-state index is -0.411. The van der Waals surface area contributed by atoms with Crippen molar-refractivity contribution in [3.63, 3.8) is 0 Å². The van der Waals surface area contributed by atoms with E-state index in [2.05, 4.69) is 9.84 Å². The van der Waals surface area contributed by atoms with E-state index >= 15 is 0 Å². The number of hydrogen-bond donors (Lipinski definition) is 0. The molecule has 0 aliphatic heterocycles. The van der Waals surface area contributed by atoms with Gasteiger partial charge in [-0.15, -0.1) is 0 Å². The summed E-state index contributed by atoms with van der Waals surface area (Å²) in [4.78, 5) is 11.3. The molecule has 4 heteroatoms. The zero-order chi connectivity index (χ0) is 15.8. The molecule has 0 saturated carbocycles. The third kappa shape index (κ3) is 4.31. The number of para-hydroxylation sites is 1. The van der Waals surface area contributed by atoms with E-state index in [1.165, 1.54) is 13.2 Å². The van der Waals surface area contributed by atoms with Crippen molar-refractivity contribution in [2.45, 2.75) is 0 Å². The lowest BCUT2D eigenvalue weighted by molar-refractivity contribution is -0.134. The number of ether oxygens (including phenoxy) is 1. The van der Waals surface area contributed by atoms with Crippen molar-refractivity contribution in [1.82, 2.24) is 0 Å². The van der Waals surface area contributed by atoms with Crippen LogP contribution >= 0.6 is 0 Å². The molecular formula is C18H18N2O2. The summed E-state index contributed by atoms with van der Waals surface area (Å²) in [6, 6.07) is 19.5. The fourth-order valence-corrected chi connectivity index (χ4v) is 1.87. The van der Waals surface area contributed by atoms with Crippen LogP contribution in [0.5, 0.6) is 0 Å². The number of benzene rings is 2. The zero-order valence-corrected chi connectivity index (χ0v) is 12.6. The molecule has 0 aliphatic rings. The molecule has 0 N–H and O–H groups in total. The fraction of sp³-hybridized carbons (Fsp3) is 0.111. The minimum absolute atomic E-state index is 0.411. The first-order chi connectivity index (χ1) is 10.7. The van der Waals surface area contributed by atoms with Gasteiger partial charge in [0.1, 0.15) is 0 Å². The molecule has 0 atom stereocenters. The third-order valence-corrected chi connectivity index (χ3v) is 3.04. The second kappa shape index (κ2) is 7.78. The number of allylic oxidation sites excluding steroid dienone is 1. The molecule has 0 amide bonds. The van der Waals surface area contributed by atoms with Gasteiger partial charge >= 0.3 is 5.97 Å². The van der Waals surface area contributed by atoms with E-state index in [1.807, 2.05) is 67.7 Å². The Hall–Kier alpha value is -2.88. The maximum absolute atomic E-state index is 11.3. The van der Waals surface area contributed by atoms with Crippen molar-refractivity contribution in [3.05, 3.63) is 78.4 Å². The van der Waals surface area contributed by atoms with Gasteiger partial charge in [0.05, 0.1) is 18.5 Å². The Morgan fingerprint density at radius 2 is 1.59 bits per heavy atom. The topological polar surface area (TPSA) is 41.9 Å². The van der Waals surface area contributed by atoms with Crippen LogP contribution in [0.3, 0.4) is 0 Å². The molecule has 0 unspecified atom stereocenters. The van der Waals surface area contributed by atoms with E-state index in [1.54, 1.807) is 11.1 Å². The van der Waals surface area contributed by atoms with E-state index < -0.39 is 5.97 Å². The number of nitrogens with zero attached hydrogens (tertiary/aromatic N) is 2. The predicted molar refractivity (Wildman–Crippen MR) is 89.0 cm³/mol. The first-order valence-corrected chi connectivity index (χ1v) is 6.89. The molecule has 0 aliphatic carbocycles. The maximum atomic E-state index is 11.3. The lowest BCUT2D eigenvalue weighted by atomic mass is 10.1. The number of methoxy groups -OCH3 is 1. The summed E-state index contributed by atoms with van der Waals surface area (Å²) in [5, 5.41) is 6.35. The Labute approximate surface area is 130 Å². The molecule has 0 heterocycles. The Kier molecular flexibility index (Phi) is 5.49. The monoisotopic (exact) mass is 294 g/mol. The highest BCUT2D eigenvalue weighted by Gasteiger charge is 2.04. The third-order valence-electron chi connectivity index (χ3n) is 3.04. The molecular weight excluding hydrogens is 276 g/mol. The van der Waals surface area contributed by atoms with Gasteiger partial charge in [-0.05, 0) is 18.2 Å². The van der Waals surface area contributed by atoms with Crippen molar-refractivity contribution in [2.75, 3.05) is 19.2 Å². The van der Waals surface area contributed by atoms with Gasteiger partial charge in [-0.2, -0.15) is 5.10 Å². The van der Waals surface area contributed by atoms with E-state index in [-0.39, 0.29) is 0 Å². The molecule has 112 valence electrons. The standard InChI is InChI=1S/C18H18N2O2/c1-20(16-11-7-4-8-12-16)19-17(13-14-18(21)22-2)15-9-5-3-6-10-15/h3-14H,1-2H3/b14-13+,19-17+. The number of carbonyl (C=O) groups is 1. The van der Waals surface area contributed by atoms with Crippen molar-refractivity contribution in [1.29, 1.82) is 0 Å². The summed E-state index contributed by atoms with van der Waals surface area (Å²) in [5.74, 6) is -0.411. The normalized spacial score (nSPS) is 11.5. The smallest absolute Gasteiger partial charge is 0.330 e. The summed E-state index contributed by atoms with van der Waals surface area (Å²) in [6.45, 7) is 0. The van der Waals surface area contributed by atoms with Crippen molar-refractivity contribution in [3.8, 4) is 0 Å².